The van der Waals surface area contributed by atoms with Gasteiger partial charge in [-0.15, -0.1) is 0 Å². The van der Waals surface area contributed by atoms with Gasteiger partial charge in [0.05, 0.1) is 6.10 Å². The molecular formula is C10H16O2. The fourth-order valence-corrected chi connectivity index (χ4v) is 2.67. The third kappa shape index (κ3) is 1.53. The average molecular weight is 168 g/mol. The van der Waals surface area contributed by atoms with Crippen molar-refractivity contribution in [2.24, 2.45) is 11.8 Å². The molecule has 1 N–H and O–H groups in total. The van der Waals surface area contributed by atoms with Gasteiger partial charge in [-0.05, 0) is 37.5 Å². The summed E-state index contributed by atoms with van der Waals surface area (Å²) in [5.41, 5.74) is 0. The lowest BCUT2D eigenvalue weighted by Gasteiger charge is -2.36. The summed E-state index contributed by atoms with van der Waals surface area (Å²) in [7, 11) is 0. The predicted octanol–water partition coefficient (Wildman–Crippen LogP) is 1.52. The Morgan fingerprint density at radius 2 is 2.00 bits per heavy atom. The first-order chi connectivity index (χ1) is 5.75. The van der Waals surface area contributed by atoms with Crippen LogP contribution < -0.4 is 0 Å². The summed E-state index contributed by atoms with van der Waals surface area (Å²) in [5.74, 6) is 1.69. The lowest BCUT2D eigenvalue weighted by molar-refractivity contribution is -0.124. The molecule has 0 radical (unpaired) electrons. The van der Waals surface area contributed by atoms with Gasteiger partial charge in [-0.2, -0.15) is 0 Å². The quantitative estimate of drug-likeness (QED) is 0.595. The maximum absolute atomic E-state index is 11.1. The molecule has 2 saturated carbocycles. The standard InChI is InChI=1S/C10H16O2/c11-9-3-1-7-5-10(12)4-2-8(7)6-9/h7-9,11H,1-6H2/t7-,8-,9-/m1/s1. The minimum Gasteiger partial charge on any atom is -0.393 e. The predicted molar refractivity (Wildman–Crippen MR) is 45.7 cm³/mol. The highest BCUT2D eigenvalue weighted by Gasteiger charge is 2.33. The van der Waals surface area contributed by atoms with E-state index in [0.29, 0.717) is 17.6 Å². The van der Waals surface area contributed by atoms with Gasteiger partial charge < -0.3 is 5.11 Å². The van der Waals surface area contributed by atoms with Crippen LogP contribution in [-0.4, -0.2) is 17.0 Å². The molecular weight excluding hydrogens is 152 g/mol. The van der Waals surface area contributed by atoms with E-state index in [-0.39, 0.29) is 6.10 Å². The van der Waals surface area contributed by atoms with Gasteiger partial charge in [0.25, 0.3) is 0 Å². The number of carbonyl (C=O) groups excluding carboxylic acids is 1. The second kappa shape index (κ2) is 3.17. The van der Waals surface area contributed by atoms with Crippen LogP contribution >= 0.6 is 0 Å². The summed E-state index contributed by atoms with van der Waals surface area (Å²) in [4.78, 5) is 11.1. The highest BCUT2D eigenvalue weighted by molar-refractivity contribution is 5.79. The van der Waals surface area contributed by atoms with Crippen LogP contribution in [-0.2, 0) is 4.79 Å². The van der Waals surface area contributed by atoms with E-state index in [1.54, 1.807) is 0 Å². The molecule has 2 aliphatic rings. The van der Waals surface area contributed by atoms with Crippen molar-refractivity contribution in [2.75, 3.05) is 0 Å². The average Bonchev–Trinajstić information content (AvgIpc) is 2.05. The van der Waals surface area contributed by atoms with Crippen LogP contribution in [0.15, 0.2) is 0 Å². The second-order valence-electron chi connectivity index (χ2n) is 4.27. The van der Waals surface area contributed by atoms with E-state index in [1.807, 2.05) is 0 Å². The number of carbonyl (C=O) groups is 1. The minimum atomic E-state index is -0.0838. The minimum absolute atomic E-state index is 0.0838. The summed E-state index contributed by atoms with van der Waals surface area (Å²) >= 11 is 0. The molecule has 0 spiro atoms. The van der Waals surface area contributed by atoms with Crippen molar-refractivity contribution in [3.63, 3.8) is 0 Å². The van der Waals surface area contributed by atoms with Crippen LogP contribution in [0.3, 0.4) is 0 Å². The fourth-order valence-electron chi connectivity index (χ4n) is 2.67. The maximum atomic E-state index is 11.1. The van der Waals surface area contributed by atoms with Crippen molar-refractivity contribution in [2.45, 2.75) is 44.6 Å². The number of rotatable bonds is 0. The van der Waals surface area contributed by atoms with Gasteiger partial charge in [0.1, 0.15) is 5.78 Å². The number of aliphatic hydroxyl groups excluding tert-OH is 1. The number of hydrogen-bond donors (Lipinski definition) is 1. The lowest BCUT2D eigenvalue weighted by Crippen LogP contribution is -2.33. The van der Waals surface area contributed by atoms with Gasteiger partial charge in [0.15, 0.2) is 0 Å². The van der Waals surface area contributed by atoms with Crippen LogP contribution in [0.25, 0.3) is 0 Å². The summed E-state index contributed by atoms with van der Waals surface area (Å²) in [6.45, 7) is 0. The van der Waals surface area contributed by atoms with Crippen LogP contribution in [0.4, 0.5) is 0 Å². The first-order valence-corrected chi connectivity index (χ1v) is 4.95. The fraction of sp³-hybridized carbons (Fsp3) is 0.900. The SMILES string of the molecule is O=C1CC[C@@H]2C[C@H](O)CC[C@@H]2C1. The molecule has 2 heteroatoms. The van der Waals surface area contributed by atoms with Gasteiger partial charge in [0.2, 0.25) is 0 Å². The van der Waals surface area contributed by atoms with Crippen molar-refractivity contribution >= 4 is 5.78 Å². The van der Waals surface area contributed by atoms with Crippen LogP contribution in [0, 0.1) is 11.8 Å². The summed E-state index contributed by atoms with van der Waals surface area (Å²) in [6.07, 6.45) is 5.41. The number of hydrogen-bond acceptors (Lipinski definition) is 2. The van der Waals surface area contributed by atoms with Crippen molar-refractivity contribution < 1.29 is 9.90 Å². The second-order valence-corrected chi connectivity index (χ2v) is 4.27. The third-order valence-corrected chi connectivity index (χ3v) is 3.40. The molecule has 0 heterocycles. The molecule has 0 aromatic heterocycles. The van der Waals surface area contributed by atoms with Crippen LogP contribution in [0.1, 0.15) is 38.5 Å². The first-order valence-electron chi connectivity index (χ1n) is 4.95. The molecule has 0 amide bonds. The van der Waals surface area contributed by atoms with E-state index < -0.39 is 0 Å². The zero-order valence-corrected chi connectivity index (χ0v) is 7.33. The molecule has 3 atom stereocenters. The number of ketones is 1. The van der Waals surface area contributed by atoms with E-state index in [2.05, 4.69) is 0 Å². The molecule has 0 bridgehead atoms. The molecule has 0 aromatic carbocycles. The molecule has 0 aromatic rings. The van der Waals surface area contributed by atoms with Gasteiger partial charge >= 0.3 is 0 Å². The molecule has 0 unspecified atom stereocenters. The van der Waals surface area contributed by atoms with E-state index in [1.165, 1.54) is 0 Å². The van der Waals surface area contributed by atoms with Crippen LogP contribution in [0.2, 0.25) is 0 Å². The normalized spacial score (nSPS) is 42.4. The highest BCUT2D eigenvalue weighted by atomic mass is 16.3. The molecule has 0 saturated heterocycles. The smallest absolute Gasteiger partial charge is 0.133 e. The van der Waals surface area contributed by atoms with Gasteiger partial charge in [-0.3, -0.25) is 4.79 Å². The zero-order valence-electron chi connectivity index (χ0n) is 7.33. The maximum Gasteiger partial charge on any atom is 0.133 e. The summed E-state index contributed by atoms with van der Waals surface area (Å²) < 4.78 is 0. The topological polar surface area (TPSA) is 37.3 Å². The first kappa shape index (κ1) is 8.24. The van der Waals surface area contributed by atoms with Gasteiger partial charge in [-0.1, -0.05) is 0 Å². The van der Waals surface area contributed by atoms with Crippen molar-refractivity contribution in [3.8, 4) is 0 Å². The van der Waals surface area contributed by atoms with E-state index >= 15 is 0 Å². The number of aliphatic hydroxyl groups is 1. The van der Waals surface area contributed by atoms with E-state index in [9.17, 15) is 9.90 Å². The largest absolute Gasteiger partial charge is 0.393 e. The molecule has 2 nitrogen and oxygen atoms in total. The molecule has 0 aliphatic heterocycles. The van der Waals surface area contributed by atoms with Crippen molar-refractivity contribution in [1.82, 2.24) is 0 Å². The van der Waals surface area contributed by atoms with Crippen molar-refractivity contribution in [1.29, 1.82) is 0 Å². The summed E-state index contributed by atoms with van der Waals surface area (Å²) in [5, 5.41) is 9.43. The van der Waals surface area contributed by atoms with E-state index in [0.717, 1.165) is 38.5 Å². The molecule has 68 valence electrons. The van der Waals surface area contributed by atoms with Crippen LogP contribution in [0.5, 0.6) is 0 Å². The van der Waals surface area contributed by atoms with Crippen molar-refractivity contribution in [3.05, 3.63) is 0 Å². The Morgan fingerprint density at radius 1 is 1.17 bits per heavy atom. The Hall–Kier alpha value is -0.370. The molecule has 2 fully saturated rings. The number of Topliss-reactive ketones (excluding diaryl/α,β-unsaturated/α-hetero) is 1. The van der Waals surface area contributed by atoms with E-state index in [4.69, 9.17) is 0 Å². The monoisotopic (exact) mass is 168 g/mol. The third-order valence-electron chi connectivity index (χ3n) is 3.40. The Bertz CT molecular complexity index is 188. The molecule has 2 rings (SSSR count). The molecule has 2 aliphatic carbocycles. The number of fused-ring (bicyclic) bond motifs is 1. The Balaban J connectivity index is 1.98. The van der Waals surface area contributed by atoms with Gasteiger partial charge in [-0.25, -0.2) is 0 Å². The zero-order chi connectivity index (χ0) is 8.55. The lowest BCUT2D eigenvalue weighted by atomic mass is 9.70. The molecule has 12 heavy (non-hydrogen) atoms. The Morgan fingerprint density at radius 3 is 2.83 bits per heavy atom. The Labute approximate surface area is 73.0 Å². The van der Waals surface area contributed by atoms with Gasteiger partial charge in [0, 0.05) is 12.8 Å². The highest BCUT2D eigenvalue weighted by Crippen LogP contribution is 2.39. The Kier molecular flexibility index (Phi) is 2.18. The summed E-state index contributed by atoms with van der Waals surface area (Å²) in [6, 6.07) is 0.